The molecule has 4 aliphatic heterocycles. The molecule has 0 aromatic carbocycles. The summed E-state index contributed by atoms with van der Waals surface area (Å²) in [5, 5.41) is 0. The van der Waals surface area contributed by atoms with Crippen molar-refractivity contribution in [1.29, 1.82) is 0 Å². The van der Waals surface area contributed by atoms with Crippen molar-refractivity contribution in [2.45, 2.75) is 32.2 Å². The number of rotatable bonds is 3. The van der Waals surface area contributed by atoms with E-state index in [1.165, 1.54) is 38.7 Å². The standard InChI is InChI=1S/C18H27N5O2/c1-13-19-11-15(18(25)20-13)10-17(24)23-8-6-22(7-9-23)16-12-21-4-2-14(16)3-5-21/h11,14,16H,2-10,12H2,1H3,(H,19,20,25)/t16-/m0/s1. The number of aromatic nitrogens is 2. The van der Waals surface area contributed by atoms with Gasteiger partial charge in [-0.2, -0.15) is 0 Å². The highest BCUT2D eigenvalue weighted by Crippen LogP contribution is 2.31. The Morgan fingerprint density at radius 1 is 1.20 bits per heavy atom. The molecule has 7 nitrogen and oxygen atoms in total. The van der Waals surface area contributed by atoms with Crippen molar-refractivity contribution in [3.8, 4) is 0 Å². The summed E-state index contributed by atoms with van der Waals surface area (Å²) in [7, 11) is 0. The molecular formula is C18H27N5O2. The van der Waals surface area contributed by atoms with E-state index in [-0.39, 0.29) is 17.9 Å². The number of piperazine rings is 1. The van der Waals surface area contributed by atoms with Crippen LogP contribution in [-0.2, 0) is 11.2 Å². The third-order valence-electron chi connectivity index (χ3n) is 6.10. The van der Waals surface area contributed by atoms with Crippen molar-refractivity contribution in [3.05, 3.63) is 27.9 Å². The summed E-state index contributed by atoms with van der Waals surface area (Å²) in [5.74, 6) is 1.45. The Labute approximate surface area is 148 Å². The van der Waals surface area contributed by atoms with Crippen LogP contribution in [0.3, 0.4) is 0 Å². The van der Waals surface area contributed by atoms with Gasteiger partial charge < -0.3 is 14.8 Å². The average molecular weight is 345 g/mol. The fourth-order valence-corrected chi connectivity index (χ4v) is 4.56. The van der Waals surface area contributed by atoms with Crippen LogP contribution in [0.25, 0.3) is 0 Å². The SMILES string of the molecule is Cc1ncc(CC(=O)N2CCN([C@H]3CN4CCC3CC4)CC2)c(=O)[nH]1. The number of H-pyrrole nitrogens is 1. The van der Waals surface area contributed by atoms with Crippen LogP contribution in [0.1, 0.15) is 24.2 Å². The van der Waals surface area contributed by atoms with E-state index in [0.717, 1.165) is 32.1 Å². The summed E-state index contributed by atoms with van der Waals surface area (Å²) in [6, 6.07) is 0.670. The highest BCUT2D eigenvalue weighted by molar-refractivity contribution is 5.78. The Bertz CT molecular complexity index is 687. The van der Waals surface area contributed by atoms with Crippen LogP contribution >= 0.6 is 0 Å². The lowest BCUT2D eigenvalue weighted by Crippen LogP contribution is -2.61. The van der Waals surface area contributed by atoms with Gasteiger partial charge in [-0.1, -0.05) is 0 Å². The van der Waals surface area contributed by atoms with Gasteiger partial charge in [0.05, 0.1) is 6.42 Å². The molecule has 25 heavy (non-hydrogen) atoms. The number of nitrogens with zero attached hydrogens (tertiary/aromatic N) is 4. The lowest BCUT2D eigenvalue weighted by Gasteiger charge is -2.51. The third kappa shape index (κ3) is 3.48. The summed E-state index contributed by atoms with van der Waals surface area (Å²) in [6.45, 7) is 8.88. The van der Waals surface area contributed by atoms with Crippen molar-refractivity contribution < 1.29 is 4.79 Å². The van der Waals surface area contributed by atoms with Crippen LogP contribution in [0.2, 0.25) is 0 Å². The van der Waals surface area contributed by atoms with E-state index in [9.17, 15) is 9.59 Å². The molecule has 0 radical (unpaired) electrons. The number of hydrogen-bond acceptors (Lipinski definition) is 5. The normalized spacial score (nSPS) is 29.8. The molecule has 5 rings (SSSR count). The van der Waals surface area contributed by atoms with Gasteiger partial charge in [0, 0.05) is 50.5 Å². The predicted octanol–water partition coefficient (Wildman–Crippen LogP) is -0.141. The first-order valence-corrected chi connectivity index (χ1v) is 9.39. The number of carbonyl (C=O) groups excluding carboxylic acids is 1. The van der Waals surface area contributed by atoms with E-state index in [1.807, 2.05) is 4.90 Å². The molecule has 0 unspecified atom stereocenters. The summed E-state index contributed by atoms with van der Waals surface area (Å²) >= 11 is 0. The van der Waals surface area contributed by atoms with Gasteiger partial charge in [-0.3, -0.25) is 14.5 Å². The maximum absolute atomic E-state index is 12.5. The van der Waals surface area contributed by atoms with Crippen LogP contribution in [0.4, 0.5) is 0 Å². The van der Waals surface area contributed by atoms with Crippen LogP contribution in [0.5, 0.6) is 0 Å². The maximum atomic E-state index is 12.5. The third-order valence-corrected chi connectivity index (χ3v) is 6.10. The van der Waals surface area contributed by atoms with Crippen molar-refractivity contribution in [3.63, 3.8) is 0 Å². The monoisotopic (exact) mass is 345 g/mol. The molecule has 5 heterocycles. The molecule has 0 spiro atoms. The first-order chi connectivity index (χ1) is 12.1. The number of carbonyl (C=O) groups is 1. The second-order valence-electron chi connectivity index (χ2n) is 7.62. The van der Waals surface area contributed by atoms with Crippen LogP contribution in [0, 0.1) is 12.8 Å². The average Bonchev–Trinajstić information content (AvgIpc) is 2.65. The Morgan fingerprint density at radius 3 is 2.52 bits per heavy atom. The number of aryl methyl sites for hydroxylation is 1. The van der Waals surface area contributed by atoms with Gasteiger partial charge in [0.1, 0.15) is 5.82 Å². The Hall–Kier alpha value is -1.73. The van der Waals surface area contributed by atoms with E-state index in [4.69, 9.17) is 0 Å². The van der Waals surface area contributed by atoms with Crippen LogP contribution in [-0.4, -0.2) is 82.4 Å². The topological polar surface area (TPSA) is 72.5 Å². The number of aromatic amines is 1. The summed E-state index contributed by atoms with van der Waals surface area (Å²) in [4.78, 5) is 38.3. The van der Waals surface area contributed by atoms with Crippen molar-refractivity contribution in [2.75, 3.05) is 45.8 Å². The zero-order valence-electron chi connectivity index (χ0n) is 14.9. The minimum atomic E-state index is -0.202. The number of amides is 1. The summed E-state index contributed by atoms with van der Waals surface area (Å²) < 4.78 is 0. The fraction of sp³-hybridized carbons (Fsp3) is 0.722. The highest BCUT2D eigenvalue weighted by Gasteiger charge is 2.38. The highest BCUT2D eigenvalue weighted by atomic mass is 16.2. The van der Waals surface area contributed by atoms with Gasteiger partial charge in [-0.25, -0.2) is 4.98 Å². The van der Waals surface area contributed by atoms with Crippen molar-refractivity contribution in [2.24, 2.45) is 5.92 Å². The fourth-order valence-electron chi connectivity index (χ4n) is 4.56. The Balaban J connectivity index is 1.32. The number of nitrogens with one attached hydrogen (secondary N) is 1. The molecule has 0 saturated carbocycles. The van der Waals surface area contributed by atoms with Gasteiger partial charge in [0.25, 0.3) is 5.56 Å². The first-order valence-electron chi connectivity index (χ1n) is 9.39. The Morgan fingerprint density at radius 2 is 1.92 bits per heavy atom. The zero-order chi connectivity index (χ0) is 17.4. The van der Waals surface area contributed by atoms with E-state index in [1.54, 1.807) is 6.92 Å². The van der Waals surface area contributed by atoms with Gasteiger partial charge in [0.15, 0.2) is 0 Å². The molecule has 1 N–H and O–H groups in total. The zero-order valence-corrected chi connectivity index (χ0v) is 14.9. The number of piperidine rings is 3. The van der Waals surface area contributed by atoms with Crippen molar-refractivity contribution >= 4 is 5.91 Å². The Kier molecular flexibility index (Phi) is 4.60. The van der Waals surface area contributed by atoms with E-state index in [0.29, 0.717) is 17.4 Å². The van der Waals surface area contributed by atoms with Gasteiger partial charge in [-0.05, 0) is 38.8 Å². The van der Waals surface area contributed by atoms with Gasteiger partial charge in [0.2, 0.25) is 5.91 Å². The maximum Gasteiger partial charge on any atom is 0.254 e. The first kappa shape index (κ1) is 16.7. The molecule has 1 amide bonds. The lowest BCUT2D eigenvalue weighted by atomic mass is 9.83. The molecule has 1 aromatic heterocycles. The molecule has 7 heteroatoms. The predicted molar refractivity (Wildman–Crippen MR) is 94.4 cm³/mol. The molecule has 0 aliphatic carbocycles. The second kappa shape index (κ2) is 6.88. The number of hydrogen-bond donors (Lipinski definition) is 1. The van der Waals surface area contributed by atoms with Crippen LogP contribution in [0.15, 0.2) is 11.0 Å². The molecular weight excluding hydrogens is 318 g/mol. The van der Waals surface area contributed by atoms with Gasteiger partial charge >= 0.3 is 0 Å². The second-order valence-corrected chi connectivity index (χ2v) is 7.62. The smallest absolute Gasteiger partial charge is 0.254 e. The lowest BCUT2D eigenvalue weighted by molar-refractivity contribution is -0.133. The largest absolute Gasteiger partial charge is 0.340 e. The minimum Gasteiger partial charge on any atom is -0.340 e. The minimum absolute atomic E-state index is 0.0321. The molecule has 1 atom stereocenters. The molecule has 136 valence electrons. The van der Waals surface area contributed by atoms with E-state index in [2.05, 4.69) is 19.8 Å². The van der Waals surface area contributed by atoms with Crippen molar-refractivity contribution in [1.82, 2.24) is 24.7 Å². The van der Waals surface area contributed by atoms with Crippen LogP contribution < -0.4 is 5.56 Å². The van der Waals surface area contributed by atoms with E-state index >= 15 is 0 Å². The van der Waals surface area contributed by atoms with E-state index < -0.39 is 0 Å². The molecule has 2 bridgehead atoms. The summed E-state index contributed by atoms with van der Waals surface area (Å²) in [6.07, 6.45) is 4.32. The summed E-state index contributed by atoms with van der Waals surface area (Å²) in [5.41, 5.74) is 0.252. The molecule has 4 fully saturated rings. The quantitative estimate of drug-likeness (QED) is 0.826. The molecule has 1 aromatic rings. The number of fused-ring (bicyclic) bond motifs is 3. The van der Waals surface area contributed by atoms with Gasteiger partial charge in [-0.15, -0.1) is 0 Å². The molecule has 4 aliphatic rings. The molecule has 4 saturated heterocycles.